The summed E-state index contributed by atoms with van der Waals surface area (Å²) >= 11 is 0. The zero-order chi connectivity index (χ0) is 14.7. The van der Waals surface area contributed by atoms with Gasteiger partial charge in [0.1, 0.15) is 5.82 Å². The molecule has 3 rings (SSSR count). The molecule has 3 nitrogen and oxygen atoms in total. The molecule has 1 saturated heterocycles. The van der Waals surface area contributed by atoms with E-state index >= 15 is 0 Å². The van der Waals surface area contributed by atoms with Crippen LogP contribution in [-0.4, -0.2) is 18.1 Å². The number of rotatable bonds is 4. The minimum absolute atomic E-state index is 0.841. The van der Waals surface area contributed by atoms with E-state index in [2.05, 4.69) is 59.4 Å². The van der Waals surface area contributed by atoms with E-state index in [0.717, 1.165) is 31.1 Å². The van der Waals surface area contributed by atoms with Crippen LogP contribution < -0.4 is 10.2 Å². The predicted molar refractivity (Wildman–Crippen MR) is 88.9 cm³/mol. The summed E-state index contributed by atoms with van der Waals surface area (Å²) in [6.45, 7) is 7.41. The smallest absolute Gasteiger partial charge is 0.128 e. The fourth-order valence-corrected chi connectivity index (χ4v) is 3.00. The average molecular weight is 281 g/mol. The molecule has 0 atom stereocenters. The number of nitrogens with zero attached hydrogens (tertiary/aromatic N) is 2. The third kappa shape index (κ3) is 3.54. The van der Waals surface area contributed by atoms with Gasteiger partial charge in [0.05, 0.1) is 11.9 Å². The molecular weight excluding hydrogens is 258 g/mol. The summed E-state index contributed by atoms with van der Waals surface area (Å²) in [7, 11) is 0. The van der Waals surface area contributed by atoms with Gasteiger partial charge in [0.2, 0.25) is 0 Å². The zero-order valence-electron chi connectivity index (χ0n) is 12.9. The van der Waals surface area contributed by atoms with Gasteiger partial charge < -0.3 is 10.2 Å². The highest BCUT2D eigenvalue weighted by molar-refractivity contribution is 5.49. The highest BCUT2D eigenvalue weighted by atomic mass is 15.2. The summed E-state index contributed by atoms with van der Waals surface area (Å²) < 4.78 is 0. The fraction of sp³-hybridized carbons (Fsp3) is 0.389. The largest absolute Gasteiger partial charge is 0.380 e. The topological polar surface area (TPSA) is 28.2 Å². The van der Waals surface area contributed by atoms with Crippen LogP contribution in [0.2, 0.25) is 0 Å². The lowest BCUT2D eigenvalue weighted by atomic mass is 10.1. The lowest BCUT2D eigenvalue weighted by molar-refractivity contribution is 0.937. The van der Waals surface area contributed by atoms with E-state index in [9.17, 15) is 0 Å². The maximum atomic E-state index is 4.57. The maximum Gasteiger partial charge on any atom is 0.128 e. The first-order valence-electron chi connectivity index (χ1n) is 7.73. The van der Waals surface area contributed by atoms with Crippen molar-refractivity contribution in [3.8, 4) is 0 Å². The summed E-state index contributed by atoms with van der Waals surface area (Å²) in [6, 6.07) is 10.9. The van der Waals surface area contributed by atoms with Crippen molar-refractivity contribution in [2.24, 2.45) is 0 Å². The van der Waals surface area contributed by atoms with Crippen molar-refractivity contribution in [1.82, 2.24) is 4.98 Å². The molecule has 1 aliphatic rings. The molecular formula is C18H23N3. The number of aryl methyl sites for hydroxylation is 2. The second-order valence-electron chi connectivity index (χ2n) is 5.95. The van der Waals surface area contributed by atoms with Crippen LogP contribution in [-0.2, 0) is 6.54 Å². The van der Waals surface area contributed by atoms with Gasteiger partial charge in [-0.15, -0.1) is 0 Å². The minimum Gasteiger partial charge on any atom is -0.380 e. The zero-order valence-corrected chi connectivity index (χ0v) is 12.9. The Morgan fingerprint density at radius 2 is 1.76 bits per heavy atom. The first kappa shape index (κ1) is 13.9. The molecule has 1 aliphatic heterocycles. The van der Waals surface area contributed by atoms with Gasteiger partial charge in [-0.05, 0) is 44.4 Å². The van der Waals surface area contributed by atoms with E-state index < -0.39 is 0 Å². The molecule has 1 aromatic heterocycles. The Bertz CT molecular complexity index is 578. The Morgan fingerprint density at radius 3 is 2.38 bits per heavy atom. The SMILES string of the molecule is Cc1cc(C)cc(CNc2ccc(N3CCCC3)nc2)c1. The molecule has 1 aromatic carbocycles. The van der Waals surface area contributed by atoms with Gasteiger partial charge in [0, 0.05) is 19.6 Å². The quantitative estimate of drug-likeness (QED) is 0.921. The van der Waals surface area contributed by atoms with Gasteiger partial charge in [0.25, 0.3) is 0 Å². The molecule has 2 aromatic rings. The number of benzene rings is 1. The van der Waals surface area contributed by atoms with Gasteiger partial charge in [-0.2, -0.15) is 0 Å². The normalized spacial score (nSPS) is 14.5. The Hall–Kier alpha value is -2.03. The lowest BCUT2D eigenvalue weighted by Gasteiger charge is -2.16. The molecule has 3 heteroatoms. The van der Waals surface area contributed by atoms with Crippen LogP contribution in [0.4, 0.5) is 11.5 Å². The molecule has 0 bridgehead atoms. The highest BCUT2D eigenvalue weighted by Crippen LogP contribution is 2.19. The van der Waals surface area contributed by atoms with E-state index in [1.807, 2.05) is 6.20 Å². The molecule has 0 aliphatic carbocycles. The number of pyridine rings is 1. The van der Waals surface area contributed by atoms with Gasteiger partial charge in [-0.1, -0.05) is 29.3 Å². The monoisotopic (exact) mass is 281 g/mol. The van der Waals surface area contributed by atoms with E-state index in [1.54, 1.807) is 0 Å². The van der Waals surface area contributed by atoms with Crippen LogP contribution in [0.15, 0.2) is 36.5 Å². The molecule has 0 amide bonds. The summed E-state index contributed by atoms with van der Waals surface area (Å²) in [5.41, 5.74) is 5.02. The van der Waals surface area contributed by atoms with Crippen molar-refractivity contribution in [2.75, 3.05) is 23.3 Å². The number of hydrogen-bond donors (Lipinski definition) is 1. The molecule has 1 N–H and O–H groups in total. The van der Waals surface area contributed by atoms with Crippen molar-refractivity contribution < 1.29 is 0 Å². The summed E-state index contributed by atoms with van der Waals surface area (Å²) in [6.07, 6.45) is 4.51. The second kappa shape index (κ2) is 6.17. The molecule has 0 unspecified atom stereocenters. The molecule has 1 fully saturated rings. The van der Waals surface area contributed by atoms with Crippen LogP contribution in [0.5, 0.6) is 0 Å². The third-order valence-electron chi connectivity index (χ3n) is 3.96. The van der Waals surface area contributed by atoms with Gasteiger partial charge in [-0.3, -0.25) is 0 Å². The average Bonchev–Trinajstić information content (AvgIpc) is 2.99. The Kier molecular flexibility index (Phi) is 4.09. The van der Waals surface area contributed by atoms with E-state index in [1.165, 1.54) is 29.5 Å². The van der Waals surface area contributed by atoms with Crippen LogP contribution in [0, 0.1) is 13.8 Å². The molecule has 0 spiro atoms. The maximum absolute atomic E-state index is 4.57. The number of nitrogens with one attached hydrogen (secondary N) is 1. The molecule has 110 valence electrons. The Balaban J connectivity index is 1.62. The van der Waals surface area contributed by atoms with E-state index in [0.29, 0.717) is 0 Å². The van der Waals surface area contributed by atoms with Crippen LogP contribution in [0.25, 0.3) is 0 Å². The van der Waals surface area contributed by atoms with Crippen molar-refractivity contribution in [3.63, 3.8) is 0 Å². The summed E-state index contributed by atoms with van der Waals surface area (Å²) in [5.74, 6) is 1.10. The van der Waals surface area contributed by atoms with Gasteiger partial charge >= 0.3 is 0 Å². The third-order valence-corrected chi connectivity index (χ3v) is 3.96. The lowest BCUT2D eigenvalue weighted by Crippen LogP contribution is -2.18. The number of aromatic nitrogens is 1. The minimum atomic E-state index is 0.841. The van der Waals surface area contributed by atoms with Crippen molar-refractivity contribution in [3.05, 3.63) is 53.2 Å². The second-order valence-corrected chi connectivity index (χ2v) is 5.95. The van der Waals surface area contributed by atoms with Gasteiger partial charge in [-0.25, -0.2) is 4.98 Å². The van der Waals surface area contributed by atoms with Crippen molar-refractivity contribution in [2.45, 2.75) is 33.2 Å². The first-order chi connectivity index (χ1) is 10.2. The van der Waals surface area contributed by atoms with Crippen molar-refractivity contribution >= 4 is 11.5 Å². The Morgan fingerprint density at radius 1 is 1.05 bits per heavy atom. The van der Waals surface area contributed by atoms with Crippen molar-refractivity contribution in [1.29, 1.82) is 0 Å². The van der Waals surface area contributed by atoms with Crippen LogP contribution in [0.1, 0.15) is 29.5 Å². The summed E-state index contributed by atoms with van der Waals surface area (Å²) in [5, 5.41) is 3.45. The molecule has 21 heavy (non-hydrogen) atoms. The molecule has 0 radical (unpaired) electrons. The van der Waals surface area contributed by atoms with E-state index in [4.69, 9.17) is 0 Å². The Labute approximate surface area is 127 Å². The van der Waals surface area contributed by atoms with Crippen LogP contribution >= 0.6 is 0 Å². The van der Waals surface area contributed by atoms with Gasteiger partial charge in [0.15, 0.2) is 0 Å². The summed E-state index contributed by atoms with van der Waals surface area (Å²) in [4.78, 5) is 6.93. The molecule has 2 heterocycles. The highest BCUT2D eigenvalue weighted by Gasteiger charge is 2.12. The fourth-order valence-electron chi connectivity index (χ4n) is 3.00. The molecule has 0 saturated carbocycles. The standard InChI is InChI=1S/C18H23N3/c1-14-9-15(2)11-16(10-14)12-19-17-5-6-18(20-13-17)21-7-3-4-8-21/h5-6,9-11,13,19H,3-4,7-8,12H2,1-2H3. The number of hydrogen-bond acceptors (Lipinski definition) is 3. The van der Waals surface area contributed by atoms with E-state index in [-0.39, 0.29) is 0 Å². The number of anilines is 2. The predicted octanol–water partition coefficient (Wildman–Crippen LogP) is 3.91. The van der Waals surface area contributed by atoms with Crippen LogP contribution in [0.3, 0.4) is 0 Å². The first-order valence-corrected chi connectivity index (χ1v) is 7.73.